The summed E-state index contributed by atoms with van der Waals surface area (Å²) in [5.74, 6) is -0.296. The van der Waals surface area contributed by atoms with Gasteiger partial charge in [-0.1, -0.05) is 18.2 Å². The number of carbonyl (C=O) groups excluding carboxylic acids is 2. The van der Waals surface area contributed by atoms with Crippen LogP contribution in [0, 0.1) is 5.92 Å². The minimum atomic E-state index is -0.488. The molecule has 164 valence electrons. The van der Waals surface area contributed by atoms with Crippen LogP contribution in [0.5, 0.6) is 5.75 Å². The van der Waals surface area contributed by atoms with Crippen LogP contribution >= 0.6 is 0 Å². The zero-order chi connectivity index (χ0) is 22.2. The third kappa shape index (κ3) is 6.58. The van der Waals surface area contributed by atoms with Gasteiger partial charge in [-0.05, 0) is 61.6 Å². The molecule has 0 radical (unpaired) electrons. The molecule has 0 saturated heterocycles. The van der Waals surface area contributed by atoms with Gasteiger partial charge in [0.2, 0.25) is 0 Å². The number of hydrogen-bond acceptors (Lipinski definition) is 7. The number of anilines is 2. The monoisotopic (exact) mass is 424 g/mol. The van der Waals surface area contributed by atoms with E-state index in [1.165, 1.54) is 6.08 Å². The second-order valence-corrected chi connectivity index (χ2v) is 7.60. The lowest BCUT2D eigenvalue weighted by Gasteiger charge is -2.26. The van der Waals surface area contributed by atoms with E-state index < -0.39 is 5.97 Å². The number of carbonyl (C=O) groups is 2. The van der Waals surface area contributed by atoms with E-state index in [0.29, 0.717) is 22.7 Å². The molecule has 1 aliphatic carbocycles. The quantitative estimate of drug-likeness (QED) is 0.301. The van der Waals surface area contributed by atoms with Crippen molar-refractivity contribution < 1.29 is 23.8 Å². The first-order valence-electron chi connectivity index (χ1n) is 10.3. The number of rotatable bonds is 7. The van der Waals surface area contributed by atoms with Gasteiger partial charge in [0.25, 0.3) is 0 Å². The molecule has 1 saturated carbocycles. The Morgan fingerprint density at radius 1 is 1.03 bits per heavy atom. The molecule has 1 fully saturated rings. The molecule has 0 amide bonds. The number of ether oxygens (including phenoxy) is 3. The van der Waals surface area contributed by atoms with Gasteiger partial charge in [0.15, 0.2) is 0 Å². The first-order valence-corrected chi connectivity index (χ1v) is 10.3. The smallest absolute Gasteiger partial charge is 0.331 e. The summed E-state index contributed by atoms with van der Waals surface area (Å²) in [4.78, 5) is 24.3. The van der Waals surface area contributed by atoms with E-state index in [4.69, 9.17) is 25.7 Å². The Labute approximate surface area is 182 Å². The third-order valence-corrected chi connectivity index (χ3v) is 5.39. The highest BCUT2D eigenvalue weighted by Crippen LogP contribution is 2.27. The first-order chi connectivity index (χ1) is 14.9. The van der Waals surface area contributed by atoms with Crippen molar-refractivity contribution in [3.05, 3.63) is 59.7 Å². The van der Waals surface area contributed by atoms with Crippen molar-refractivity contribution in [1.29, 1.82) is 0 Å². The highest BCUT2D eigenvalue weighted by atomic mass is 16.5. The lowest BCUT2D eigenvalue weighted by molar-refractivity contribution is -0.141. The second-order valence-electron chi connectivity index (χ2n) is 7.60. The number of benzene rings is 2. The van der Waals surface area contributed by atoms with Crippen LogP contribution in [0.25, 0.3) is 6.08 Å². The minimum Gasteiger partial charge on any atom is -0.458 e. The molecule has 0 unspecified atom stereocenters. The molecule has 4 N–H and O–H groups in total. The molecule has 0 bridgehead atoms. The molecule has 31 heavy (non-hydrogen) atoms. The maximum absolute atomic E-state index is 12.3. The van der Waals surface area contributed by atoms with E-state index in [-0.39, 0.29) is 24.6 Å². The van der Waals surface area contributed by atoms with Gasteiger partial charge in [-0.2, -0.15) is 0 Å². The molecule has 0 spiro atoms. The summed E-state index contributed by atoms with van der Waals surface area (Å²) in [5, 5.41) is 0. The Balaban J connectivity index is 1.46. The van der Waals surface area contributed by atoms with Crippen molar-refractivity contribution in [3.63, 3.8) is 0 Å². The molecular formula is C24H28N2O5. The Kier molecular flexibility index (Phi) is 7.67. The van der Waals surface area contributed by atoms with Crippen molar-refractivity contribution in [2.45, 2.75) is 38.4 Å². The average molecular weight is 424 g/mol. The number of hydrogen-bond donors (Lipinski definition) is 2. The Morgan fingerprint density at radius 3 is 2.39 bits per heavy atom. The minimum absolute atomic E-state index is 0.0659. The fourth-order valence-electron chi connectivity index (χ4n) is 3.49. The molecule has 2 aromatic rings. The van der Waals surface area contributed by atoms with Gasteiger partial charge in [-0.3, -0.25) is 4.79 Å². The maximum atomic E-state index is 12.3. The van der Waals surface area contributed by atoms with Crippen LogP contribution in [0.3, 0.4) is 0 Å². The van der Waals surface area contributed by atoms with E-state index in [1.54, 1.807) is 55.7 Å². The summed E-state index contributed by atoms with van der Waals surface area (Å²) in [6, 6.07) is 12.0. The van der Waals surface area contributed by atoms with Gasteiger partial charge in [0.1, 0.15) is 12.4 Å². The van der Waals surface area contributed by atoms with Crippen molar-refractivity contribution in [3.8, 4) is 5.75 Å². The van der Waals surface area contributed by atoms with Gasteiger partial charge in [0, 0.05) is 30.1 Å². The van der Waals surface area contributed by atoms with Crippen molar-refractivity contribution >= 4 is 29.4 Å². The molecule has 3 rings (SSSR count). The van der Waals surface area contributed by atoms with Crippen LogP contribution in [0.1, 0.15) is 36.8 Å². The average Bonchev–Trinajstić information content (AvgIpc) is 2.78. The highest BCUT2D eigenvalue weighted by Gasteiger charge is 2.27. The number of nitrogen functional groups attached to an aromatic ring is 2. The topological polar surface area (TPSA) is 114 Å². The first kappa shape index (κ1) is 22.4. The van der Waals surface area contributed by atoms with Gasteiger partial charge < -0.3 is 25.7 Å². The van der Waals surface area contributed by atoms with Gasteiger partial charge in [-0.25, -0.2) is 4.79 Å². The van der Waals surface area contributed by atoms with Gasteiger partial charge in [-0.15, -0.1) is 0 Å². The molecule has 7 nitrogen and oxygen atoms in total. The van der Waals surface area contributed by atoms with E-state index in [9.17, 15) is 9.59 Å². The Morgan fingerprint density at radius 2 is 1.74 bits per heavy atom. The summed E-state index contributed by atoms with van der Waals surface area (Å²) < 4.78 is 16.0. The van der Waals surface area contributed by atoms with Crippen molar-refractivity contribution in [2.75, 3.05) is 18.6 Å². The van der Waals surface area contributed by atoms with Crippen LogP contribution in [0.4, 0.5) is 11.4 Å². The zero-order valence-electron chi connectivity index (χ0n) is 17.6. The van der Waals surface area contributed by atoms with Crippen LogP contribution in [0.2, 0.25) is 0 Å². The largest absolute Gasteiger partial charge is 0.458 e. The molecule has 0 aromatic heterocycles. The van der Waals surface area contributed by atoms with Crippen molar-refractivity contribution in [2.24, 2.45) is 5.92 Å². The molecule has 0 atom stereocenters. The normalized spacial score (nSPS) is 18.6. The van der Waals surface area contributed by atoms with Crippen LogP contribution in [0.15, 0.2) is 48.5 Å². The molecular weight excluding hydrogens is 396 g/mol. The van der Waals surface area contributed by atoms with Gasteiger partial charge in [0.05, 0.1) is 12.0 Å². The summed E-state index contributed by atoms with van der Waals surface area (Å²) in [7, 11) is 1.70. The van der Waals surface area contributed by atoms with Crippen LogP contribution in [-0.2, 0) is 25.7 Å². The SMILES string of the molecule is COC1CCC(C(=O)Oc2ccc(C=CC(=O)OCc3ccc(N)cc3N)cc2)CC1. The van der Waals surface area contributed by atoms with Crippen LogP contribution in [-0.4, -0.2) is 25.2 Å². The van der Waals surface area contributed by atoms with Gasteiger partial charge >= 0.3 is 11.9 Å². The predicted molar refractivity (Wildman–Crippen MR) is 119 cm³/mol. The molecule has 7 heteroatoms. The summed E-state index contributed by atoms with van der Waals surface area (Å²) in [6.07, 6.45) is 6.52. The summed E-state index contributed by atoms with van der Waals surface area (Å²) >= 11 is 0. The summed E-state index contributed by atoms with van der Waals surface area (Å²) in [6.45, 7) is 0.0659. The van der Waals surface area contributed by atoms with E-state index in [0.717, 1.165) is 31.2 Å². The van der Waals surface area contributed by atoms with E-state index in [1.807, 2.05) is 0 Å². The second kappa shape index (κ2) is 10.6. The lowest BCUT2D eigenvalue weighted by Crippen LogP contribution is -2.28. The number of methoxy groups -OCH3 is 1. The third-order valence-electron chi connectivity index (χ3n) is 5.39. The van der Waals surface area contributed by atoms with Crippen LogP contribution < -0.4 is 16.2 Å². The highest BCUT2D eigenvalue weighted by molar-refractivity contribution is 5.87. The Bertz CT molecular complexity index is 931. The molecule has 2 aromatic carbocycles. The zero-order valence-corrected chi connectivity index (χ0v) is 17.6. The fourth-order valence-corrected chi connectivity index (χ4v) is 3.49. The van der Waals surface area contributed by atoms with E-state index >= 15 is 0 Å². The standard InChI is InChI=1S/C24H28N2O5/c1-29-20-11-6-17(7-12-20)24(28)31-21-9-2-16(3-10-21)4-13-23(27)30-15-18-5-8-19(25)14-22(18)26/h2-5,8-10,13-14,17,20H,6-7,11-12,15,25-26H2,1H3. The molecule has 1 aliphatic rings. The molecule has 0 aliphatic heterocycles. The van der Waals surface area contributed by atoms with Crippen molar-refractivity contribution in [1.82, 2.24) is 0 Å². The Hall–Kier alpha value is -3.32. The number of esters is 2. The predicted octanol–water partition coefficient (Wildman–Crippen LogP) is 3.72. The fraction of sp³-hybridized carbons (Fsp3) is 0.333. The summed E-state index contributed by atoms with van der Waals surface area (Å²) in [5.41, 5.74) is 14.0. The van der Waals surface area contributed by atoms with E-state index in [2.05, 4.69) is 0 Å². The molecule has 0 heterocycles. The maximum Gasteiger partial charge on any atom is 0.331 e. The number of nitrogens with two attached hydrogens (primary N) is 2. The lowest BCUT2D eigenvalue weighted by atomic mass is 9.87.